The molecule has 0 unspecified atom stereocenters. The molecule has 2 aromatic carbocycles. The maximum absolute atomic E-state index is 11.1. The number of methoxy groups -OCH3 is 1. The lowest BCUT2D eigenvalue weighted by molar-refractivity contribution is 0.111. The van der Waals surface area contributed by atoms with Crippen molar-refractivity contribution >= 4 is 45.4 Å². The summed E-state index contributed by atoms with van der Waals surface area (Å²) in [5.74, 6) is 1.03. The van der Waals surface area contributed by atoms with Crippen LogP contribution in [-0.2, 0) is 6.61 Å². The number of aldehydes is 1. The van der Waals surface area contributed by atoms with Gasteiger partial charge in [0.2, 0.25) is 0 Å². The summed E-state index contributed by atoms with van der Waals surface area (Å²) in [6.45, 7) is 0.236. The summed E-state index contributed by atoms with van der Waals surface area (Å²) in [6, 6.07) is 8.58. The first-order valence-corrected chi connectivity index (χ1v) is 7.49. The van der Waals surface area contributed by atoms with Gasteiger partial charge in [-0.25, -0.2) is 0 Å². The molecule has 0 heterocycles. The molecule has 3 nitrogen and oxygen atoms in total. The van der Waals surface area contributed by atoms with Gasteiger partial charge in [-0.3, -0.25) is 4.79 Å². The first-order chi connectivity index (χ1) is 10.0. The fraction of sp³-hybridized carbons (Fsp3) is 0.133. The molecule has 2 aromatic rings. The highest BCUT2D eigenvalue weighted by Gasteiger charge is 2.12. The molecule has 0 spiro atoms. The molecule has 0 bridgehead atoms. The Labute approximate surface area is 140 Å². The minimum atomic E-state index is 0.236. The Kier molecular flexibility index (Phi) is 5.51. The van der Waals surface area contributed by atoms with Crippen LogP contribution in [0, 0.1) is 0 Å². The van der Waals surface area contributed by atoms with Crippen LogP contribution in [0.3, 0.4) is 0 Å². The summed E-state index contributed by atoms with van der Waals surface area (Å²) in [5.41, 5.74) is 1.18. The van der Waals surface area contributed by atoms with E-state index >= 15 is 0 Å². The molecule has 110 valence electrons. The Morgan fingerprint density at radius 3 is 2.67 bits per heavy atom. The lowest BCUT2D eigenvalue weighted by atomic mass is 10.2. The van der Waals surface area contributed by atoms with Crippen LogP contribution in [0.1, 0.15) is 15.9 Å². The predicted molar refractivity (Wildman–Crippen MR) is 86.9 cm³/mol. The van der Waals surface area contributed by atoms with E-state index in [9.17, 15) is 4.79 Å². The van der Waals surface area contributed by atoms with E-state index in [1.165, 1.54) is 12.1 Å². The minimum Gasteiger partial charge on any atom is -0.497 e. The smallest absolute Gasteiger partial charge is 0.153 e. The number of carbonyl (C=O) groups is 1. The van der Waals surface area contributed by atoms with E-state index in [2.05, 4.69) is 15.9 Å². The molecule has 0 aromatic heterocycles. The van der Waals surface area contributed by atoms with E-state index in [1.54, 1.807) is 7.11 Å². The van der Waals surface area contributed by atoms with Crippen molar-refractivity contribution in [3.05, 3.63) is 56.0 Å². The summed E-state index contributed by atoms with van der Waals surface area (Å²) >= 11 is 15.4. The van der Waals surface area contributed by atoms with Crippen LogP contribution in [0.25, 0.3) is 0 Å². The normalized spacial score (nSPS) is 10.3. The summed E-state index contributed by atoms with van der Waals surface area (Å²) < 4.78 is 11.7. The number of benzene rings is 2. The highest BCUT2D eigenvalue weighted by molar-refractivity contribution is 9.10. The number of rotatable bonds is 5. The molecule has 0 aliphatic carbocycles. The molecule has 0 saturated heterocycles. The van der Waals surface area contributed by atoms with Crippen LogP contribution in [0.5, 0.6) is 11.5 Å². The third kappa shape index (κ3) is 3.90. The Hall–Kier alpha value is -1.23. The lowest BCUT2D eigenvalue weighted by Gasteiger charge is -2.12. The molecule has 0 N–H and O–H groups in total. The molecule has 0 aliphatic rings. The van der Waals surface area contributed by atoms with Gasteiger partial charge in [-0.2, -0.15) is 0 Å². The van der Waals surface area contributed by atoms with Crippen molar-refractivity contribution < 1.29 is 14.3 Å². The van der Waals surface area contributed by atoms with Crippen molar-refractivity contribution in [2.75, 3.05) is 7.11 Å². The molecule has 0 radical (unpaired) electrons. The topological polar surface area (TPSA) is 35.5 Å². The fourth-order valence-corrected chi connectivity index (χ4v) is 2.68. The highest BCUT2D eigenvalue weighted by Crippen LogP contribution is 2.33. The largest absolute Gasteiger partial charge is 0.497 e. The fourth-order valence-electron chi connectivity index (χ4n) is 1.76. The molecule has 0 fully saturated rings. The van der Waals surface area contributed by atoms with Gasteiger partial charge in [-0.05, 0) is 30.3 Å². The average Bonchev–Trinajstić information content (AvgIpc) is 2.47. The van der Waals surface area contributed by atoms with Crippen LogP contribution < -0.4 is 9.47 Å². The number of halogens is 3. The van der Waals surface area contributed by atoms with Crippen molar-refractivity contribution in [2.45, 2.75) is 6.61 Å². The summed E-state index contributed by atoms with van der Waals surface area (Å²) in [7, 11) is 1.59. The zero-order chi connectivity index (χ0) is 15.4. The molecule has 0 amide bonds. The molecular formula is C15H11BrCl2O3. The number of carbonyl (C=O) groups excluding carboxylic acids is 1. The van der Waals surface area contributed by atoms with Crippen molar-refractivity contribution in [3.63, 3.8) is 0 Å². The Balaban J connectivity index is 2.26. The van der Waals surface area contributed by atoms with Crippen molar-refractivity contribution in [1.82, 2.24) is 0 Å². The van der Waals surface area contributed by atoms with Gasteiger partial charge in [-0.1, -0.05) is 39.1 Å². The third-order valence-corrected chi connectivity index (χ3v) is 4.06. The molecule has 0 aliphatic heterocycles. The van der Waals surface area contributed by atoms with E-state index in [0.717, 1.165) is 15.8 Å². The quantitative estimate of drug-likeness (QED) is 0.663. The monoisotopic (exact) mass is 388 g/mol. The molecule has 0 atom stereocenters. The van der Waals surface area contributed by atoms with Crippen molar-refractivity contribution in [2.24, 2.45) is 0 Å². The molecule has 21 heavy (non-hydrogen) atoms. The van der Waals surface area contributed by atoms with Gasteiger partial charge in [0.25, 0.3) is 0 Å². The van der Waals surface area contributed by atoms with E-state index < -0.39 is 0 Å². The van der Waals surface area contributed by atoms with Gasteiger partial charge in [0.15, 0.2) is 6.29 Å². The first-order valence-electron chi connectivity index (χ1n) is 5.94. The van der Waals surface area contributed by atoms with Gasteiger partial charge < -0.3 is 9.47 Å². The van der Waals surface area contributed by atoms with E-state index in [-0.39, 0.29) is 6.61 Å². The van der Waals surface area contributed by atoms with E-state index in [4.69, 9.17) is 32.7 Å². The maximum atomic E-state index is 11.1. The van der Waals surface area contributed by atoms with Gasteiger partial charge in [0, 0.05) is 15.1 Å². The zero-order valence-electron chi connectivity index (χ0n) is 11.0. The third-order valence-electron chi connectivity index (χ3n) is 2.79. The van der Waals surface area contributed by atoms with Crippen molar-refractivity contribution in [1.29, 1.82) is 0 Å². The number of hydrogen-bond acceptors (Lipinski definition) is 3. The Bertz CT molecular complexity index is 674. The van der Waals surface area contributed by atoms with Crippen molar-refractivity contribution in [3.8, 4) is 11.5 Å². The van der Waals surface area contributed by atoms with E-state index in [1.807, 2.05) is 18.2 Å². The molecule has 0 saturated carbocycles. The van der Waals surface area contributed by atoms with Crippen LogP contribution in [0.2, 0.25) is 10.0 Å². The Morgan fingerprint density at radius 1 is 1.24 bits per heavy atom. The lowest BCUT2D eigenvalue weighted by Crippen LogP contribution is -2.00. The van der Waals surface area contributed by atoms with Crippen LogP contribution in [-0.4, -0.2) is 13.4 Å². The van der Waals surface area contributed by atoms with Gasteiger partial charge in [0.1, 0.15) is 18.1 Å². The second-order valence-corrected chi connectivity index (χ2v) is 5.87. The summed E-state index contributed by atoms with van der Waals surface area (Å²) in [6.07, 6.45) is 0.660. The van der Waals surface area contributed by atoms with Gasteiger partial charge in [0.05, 0.1) is 17.7 Å². The van der Waals surface area contributed by atoms with Crippen LogP contribution in [0.15, 0.2) is 34.8 Å². The second kappa shape index (κ2) is 7.16. The number of hydrogen-bond donors (Lipinski definition) is 0. The van der Waals surface area contributed by atoms with E-state index in [0.29, 0.717) is 27.6 Å². The second-order valence-electron chi connectivity index (χ2n) is 4.17. The maximum Gasteiger partial charge on any atom is 0.153 e. The SMILES string of the molecule is COc1ccc(Br)c(COc2c(Cl)cc(Cl)cc2C=O)c1. The standard InChI is InChI=1S/C15H11BrCl2O3/c1-20-12-2-3-13(16)10(5-12)8-21-15-9(7-19)4-11(17)6-14(15)18/h2-7H,8H2,1H3. The predicted octanol–water partition coefficient (Wildman–Crippen LogP) is 5.16. The van der Waals surface area contributed by atoms with Gasteiger partial charge in [-0.15, -0.1) is 0 Å². The summed E-state index contributed by atoms with van der Waals surface area (Å²) in [5, 5.41) is 0.681. The van der Waals surface area contributed by atoms with Gasteiger partial charge >= 0.3 is 0 Å². The average molecular weight is 390 g/mol. The minimum absolute atomic E-state index is 0.236. The molecular weight excluding hydrogens is 379 g/mol. The Morgan fingerprint density at radius 2 is 2.00 bits per heavy atom. The van der Waals surface area contributed by atoms with Crippen LogP contribution in [0.4, 0.5) is 0 Å². The summed E-state index contributed by atoms with van der Waals surface area (Å²) in [4.78, 5) is 11.1. The first kappa shape index (κ1) is 16.1. The molecule has 2 rings (SSSR count). The highest BCUT2D eigenvalue weighted by atomic mass is 79.9. The number of ether oxygens (including phenoxy) is 2. The van der Waals surface area contributed by atoms with Crippen LogP contribution >= 0.6 is 39.1 Å². The molecule has 6 heteroatoms. The zero-order valence-corrected chi connectivity index (χ0v) is 14.1.